The Labute approximate surface area is 156 Å². The van der Waals surface area contributed by atoms with Gasteiger partial charge in [0.1, 0.15) is 11.9 Å². The van der Waals surface area contributed by atoms with Crippen LogP contribution in [0.4, 0.5) is 0 Å². The highest BCUT2D eigenvalue weighted by atomic mass is 127. The minimum atomic E-state index is -0.246. The lowest BCUT2D eigenvalue weighted by molar-refractivity contribution is 0.187. The number of benzene rings is 1. The summed E-state index contributed by atoms with van der Waals surface area (Å²) in [6.07, 6.45) is 0.563. The van der Waals surface area contributed by atoms with E-state index in [9.17, 15) is 5.11 Å². The van der Waals surface area contributed by atoms with E-state index < -0.39 is 0 Å². The van der Waals surface area contributed by atoms with Crippen LogP contribution < -0.4 is 10.1 Å². The number of nitrogens with one attached hydrogen (secondary N) is 1. The molecule has 1 saturated heterocycles. The molecule has 0 bridgehead atoms. The van der Waals surface area contributed by atoms with Crippen molar-refractivity contribution >= 4 is 29.9 Å². The van der Waals surface area contributed by atoms with Crippen molar-refractivity contribution in [3.05, 3.63) is 29.8 Å². The second-order valence-corrected chi connectivity index (χ2v) is 5.83. The van der Waals surface area contributed by atoms with Crippen LogP contribution in [0.1, 0.15) is 25.8 Å². The molecule has 0 spiro atoms. The first kappa shape index (κ1) is 20.0. The molecule has 1 unspecified atom stereocenters. The third-order valence-electron chi connectivity index (χ3n) is 3.62. The molecule has 1 aromatic carbocycles. The summed E-state index contributed by atoms with van der Waals surface area (Å²) in [5.74, 6) is 1.74. The molecular weight excluding hydrogens is 405 g/mol. The Morgan fingerprint density at radius 1 is 1.52 bits per heavy atom. The summed E-state index contributed by atoms with van der Waals surface area (Å²) in [6, 6.07) is 8.05. The number of likely N-dealkylation sites (tertiary alicyclic amines) is 1. The van der Waals surface area contributed by atoms with Crippen molar-refractivity contribution in [2.24, 2.45) is 4.99 Å². The molecule has 2 N–H and O–H groups in total. The number of aliphatic imine (C=N–C) groups is 1. The molecule has 0 aromatic heterocycles. The number of ether oxygens (including phenoxy) is 1. The van der Waals surface area contributed by atoms with Crippen LogP contribution in [0.5, 0.6) is 5.75 Å². The minimum Gasteiger partial charge on any atom is -0.489 e. The van der Waals surface area contributed by atoms with Gasteiger partial charge in [-0.3, -0.25) is 0 Å². The Morgan fingerprint density at radius 3 is 2.91 bits per heavy atom. The molecule has 2 rings (SSSR count). The van der Waals surface area contributed by atoms with Gasteiger partial charge in [-0.15, -0.1) is 24.0 Å². The Morgan fingerprint density at radius 2 is 2.30 bits per heavy atom. The number of rotatable bonds is 5. The zero-order valence-corrected chi connectivity index (χ0v) is 16.5. The van der Waals surface area contributed by atoms with E-state index in [0.717, 1.165) is 31.2 Å². The van der Waals surface area contributed by atoms with Gasteiger partial charge in [0, 0.05) is 19.6 Å². The van der Waals surface area contributed by atoms with Crippen molar-refractivity contribution in [3.8, 4) is 5.75 Å². The molecule has 0 aliphatic carbocycles. The van der Waals surface area contributed by atoms with E-state index in [1.54, 1.807) is 0 Å². The van der Waals surface area contributed by atoms with E-state index in [4.69, 9.17) is 4.74 Å². The van der Waals surface area contributed by atoms with Crippen molar-refractivity contribution in [2.45, 2.75) is 39.4 Å². The Hall–Kier alpha value is -1.02. The van der Waals surface area contributed by atoms with Crippen LogP contribution in [0.3, 0.4) is 0 Å². The highest BCUT2D eigenvalue weighted by Gasteiger charge is 2.22. The Balaban J connectivity index is 0.00000264. The number of aliphatic hydroxyl groups excluding tert-OH is 1. The molecule has 1 heterocycles. The van der Waals surface area contributed by atoms with Gasteiger partial charge in [-0.05, 0) is 44.9 Å². The van der Waals surface area contributed by atoms with Crippen LogP contribution in [0, 0.1) is 6.92 Å². The third-order valence-corrected chi connectivity index (χ3v) is 3.62. The van der Waals surface area contributed by atoms with Crippen LogP contribution in [0.25, 0.3) is 0 Å². The van der Waals surface area contributed by atoms with Crippen LogP contribution >= 0.6 is 24.0 Å². The summed E-state index contributed by atoms with van der Waals surface area (Å²) in [5.41, 5.74) is 1.19. The topological polar surface area (TPSA) is 57.1 Å². The molecular formula is C17H28IN3O2. The van der Waals surface area contributed by atoms with Crippen LogP contribution in [-0.2, 0) is 0 Å². The highest BCUT2D eigenvalue weighted by Crippen LogP contribution is 2.14. The standard InChI is InChI=1S/C17H27N3O2.HI/c1-4-18-17(20-9-8-15(21)12-20)19-11-14(3)22-16-7-5-6-13(2)10-16;/h5-7,10,14-15,21H,4,8-9,11-12H2,1-3H3,(H,18,19);1H/t14?,15-;/m1./s1. The SMILES string of the molecule is CCNC(=NCC(C)Oc1cccc(C)c1)N1CC[C@@H](O)C1.I. The Bertz CT molecular complexity index is 510. The number of aryl methyl sites for hydroxylation is 1. The van der Waals surface area contributed by atoms with E-state index in [0.29, 0.717) is 13.1 Å². The van der Waals surface area contributed by atoms with Gasteiger partial charge < -0.3 is 20.1 Å². The quantitative estimate of drug-likeness (QED) is 0.426. The van der Waals surface area contributed by atoms with Gasteiger partial charge in [0.25, 0.3) is 0 Å². The van der Waals surface area contributed by atoms with Crippen LogP contribution in [0.2, 0.25) is 0 Å². The number of aliphatic hydroxyl groups is 1. The molecule has 0 amide bonds. The fraction of sp³-hybridized carbons (Fsp3) is 0.588. The second-order valence-electron chi connectivity index (χ2n) is 5.83. The molecule has 130 valence electrons. The summed E-state index contributed by atoms with van der Waals surface area (Å²) >= 11 is 0. The molecule has 1 fully saturated rings. The molecule has 1 aliphatic heterocycles. The normalized spacial score (nSPS) is 19.2. The van der Waals surface area contributed by atoms with Crippen molar-refractivity contribution in [1.29, 1.82) is 0 Å². The van der Waals surface area contributed by atoms with Crippen LogP contribution in [0.15, 0.2) is 29.3 Å². The lowest BCUT2D eigenvalue weighted by Crippen LogP contribution is -2.41. The molecule has 0 saturated carbocycles. The molecule has 5 nitrogen and oxygen atoms in total. The van der Waals surface area contributed by atoms with Gasteiger partial charge >= 0.3 is 0 Å². The number of hydrogen-bond donors (Lipinski definition) is 2. The first-order valence-corrected chi connectivity index (χ1v) is 8.03. The van der Waals surface area contributed by atoms with Gasteiger partial charge in [-0.1, -0.05) is 12.1 Å². The summed E-state index contributed by atoms with van der Waals surface area (Å²) in [7, 11) is 0. The first-order chi connectivity index (χ1) is 10.6. The van der Waals surface area contributed by atoms with E-state index in [2.05, 4.69) is 35.1 Å². The summed E-state index contributed by atoms with van der Waals surface area (Å²) < 4.78 is 5.90. The summed E-state index contributed by atoms with van der Waals surface area (Å²) in [5, 5.41) is 12.9. The third kappa shape index (κ3) is 6.55. The predicted molar refractivity (Wildman–Crippen MR) is 105 cm³/mol. The molecule has 6 heteroatoms. The lowest BCUT2D eigenvalue weighted by atomic mass is 10.2. The van der Waals surface area contributed by atoms with E-state index >= 15 is 0 Å². The highest BCUT2D eigenvalue weighted by molar-refractivity contribution is 14.0. The van der Waals surface area contributed by atoms with E-state index in [-0.39, 0.29) is 36.2 Å². The number of hydrogen-bond acceptors (Lipinski definition) is 3. The maximum absolute atomic E-state index is 9.67. The van der Waals surface area contributed by atoms with Gasteiger partial charge in [-0.25, -0.2) is 4.99 Å². The van der Waals surface area contributed by atoms with Crippen molar-refractivity contribution < 1.29 is 9.84 Å². The largest absolute Gasteiger partial charge is 0.489 e. The number of β-amino-alcohol motifs (C(OH)–C–C–N with tert-alkyl or cyclic N) is 1. The first-order valence-electron chi connectivity index (χ1n) is 8.03. The molecule has 2 atom stereocenters. The fourth-order valence-electron chi connectivity index (χ4n) is 2.53. The molecule has 23 heavy (non-hydrogen) atoms. The maximum Gasteiger partial charge on any atom is 0.194 e. The monoisotopic (exact) mass is 433 g/mol. The average Bonchev–Trinajstić information content (AvgIpc) is 2.90. The second kappa shape index (κ2) is 9.97. The lowest BCUT2D eigenvalue weighted by Gasteiger charge is -2.22. The van der Waals surface area contributed by atoms with Gasteiger partial charge in [0.2, 0.25) is 0 Å². The summed E-state index contributed by atoms with van der Waals surface area (Å²) in [4.78, 5) is 6.75. The zero-order chi connectivity index (χ0) is 15.9. The zero-order valence-electron chi connectivity index (χ0n) is 14.2. The van der Waals surface area contributed by atoms with Crippen molar-refractivity contribution in [2.75, 3.05) is 26.2 Å². The van der Waals surface area contributed by atoms with Gasteiger partial charge in [0.05, 0.1) is 12.6 Å². The minimum absolute atomic E-state index is 0. The fourth-order valence-corrected chi connectivity index (χ4v) is 2.53. The molecule has 1 aromatic rings. The number of nitrogens with zero attached hydrogens (tertiary/aromatic N) is 2. The van der Waals surface area contributed by atoms with E-state index in [1.807, 2.05) is 25.1 Å². The summed E-state index contributed by atoms with van der Waals surface area (Å²) in [6.45, 7) is 9.03. The van der Waals surface area contributed by atoms with Crippen molar-refractivity contribution in [1.82, 2.24) is 10.2 Å². The number of guanidine groups is 1. The molecule has 1 aliphatic rings. The van der Waals surface area contributed by atoms with Crippen molar-refractivity contribution in [3.63, 3.8) is 0 Å². The predicted octanol–water partition coefficient (Wildman–Crippen LogP) is 2.41. The Kier molecular flexibility index (Phi) is 8.68. The number of halogens is 1. The van der Waals surface area contributed by atoms with Gasteiger partial charge in [-0.2, -0.15) is 0 Å². The average molecular weight is 433 g/mol. The van der Waals surface area contributed by atoms with Gasteiger partial charge in [0.15, 0.2) is 5.96 Å². The molecule has 0 radical (unpaired) electrons. The maximum atomic E-state index is 9.67. The van der Waals surface area contributed by atoms with E-state index in [1.165, 1.54) is 5.56 Å². The van der Waals surface area contributed by atoms with Crippen LogP contribution in [-0.4, -0.2) is 54.4 Å². The smallest absolute Gasteiger partial charge is 0.194 e.